The summed E-state index contributed by atoms with van der Waals surface area (Å²) in [6.07, 6.45) is 1.76. The van der Waals surface area contributed by atoms with Crippen molar-refractivity contribution < 1.29 is 19.1 Å². The van der Waals surface area contributed by atoms with Gasteiger partial charge < -0.3 is 19.4 Å². The molecule has 0 bridgehead atoms. The fourth-order valence-corrected chi connectivity index (χ4v) is 5.56. The zero-order chi connectivity index (χ0) is 25.5. The number of anilines is 1. The van der Waals surface area contributed by atoms with E-state index >= 15 is 0 Å². The monoisotopic (exact) mass is 499 g/mol. The fraction of sp³-hybridized carbons (Fsp3) is 0.370. The van der Waals surface area contributed by atoms with Gasteiger partial charge in [0.2, 0.25) is 0 Å². The van der Waals surface area contributed by atoms with Crippen molar-refractivity contribution in [2.75, 3.05) is 18.1 Å². The minimum Gasteiger partial charge on any atom is -0.484 e. The predicted molar refractivity (Wildman–Crippen MR) is 134 cm³/mol. The summed E-state index contributed by atoms with van der Waals surface area (Å²) in [5, 5.41) is 13.5. The van der Waals surface area contributed by atoms with Crippen LogP contribution in [0.2, 0.25) is 0 Å². The average molecular weight is 500 g/mol. The molecule has 0 spiro atoms. The number of ether oxygens (including phenoxy) is 2. The number of Topliss-reactive ketones (excluding diaryl/α,β-unsaturated/α-hetero) is 1. The van der Waals surface area contributed by atoms with Crippen molar-refractivity contribution >= 4 is 28.6 Å². The first kappa shape index (κ1) is 23.2. The molecule has 0 unspecified atom stereocenters. The van der Waals surface area contributed by atoms with E-state index in [1.807, 2.05) is 6.07 Å². The van der Waals surface area contributed by atoms with E-state index in [0.717, 1.165) is 23.7 Å². The SMILES string of the molecule is N#Cc1ccc2c(ccc(=O)n2CCN[C@@H]2CC[C@@H]3[C@@H](C2)OC(=O)N3c2ccc3c(n2)CC(=O)CO3)c1. The highest BCUT2D eigenvalue weighted by molar-refractivity contribution is 5.90. The Labute approximate surface area is 212 Å². The number of carbonyl (C=O) groups is 2. The van der Waals surface area contributed by atoms with Crippen LogP contribution in [-0.2, 0) is 22.5 Å². The third kappa shape index (κ3) is 4.32. The summed E-state index contributed by atoms with van der Waals surface area (Å²) in [5.74, 6) is 1.02. The maximum absolute atomic E-state index is 12.8. The van der Waals surface area contributed by atoms with Crippen LogP contribution in [0.1, 0.15) is 30.5 Å². The molecule has 4 heterocycles. The first-order valence-electron chi connectivity index (χ1n) is 12.4. The van der Waals surface area contributed by atoms with E-state index in [4.69, 9.17) is 14.7 Å². The van der Waals surface area contributed by atoms with Gasteiger partial charge in [0.15, 0.2) is 5.78 Å². The number of rotatable bonds is 5. The van der Waals surface area contributed by atoms with Crippen LogP contribution in [0.25, 0.3) is 10.9 Å². The Balaban J connectivity index is 1.10. The van der Waals surface area contributed by atoms with Crippen LogP contribution in [-0.4, -0.2) is 52.8 Å². The maximum atomic E-state index is 12.8. The lowest BCUT2D eigenvalue weighted by Crippen LogP contribution is -2.46. The number of benzene rings is 1. The normalized spacial score (nSPS) is 22.7. The van der Waals surface area contributed by atoms with E-state index in [0.29, 0.717) is 42.3 Å². The van der Waals surface area contributed by atoms with Gasteiger partial charge in [-0.2, -0.15) is 5.26 Å². The molecule has 1 saturated heterocycles. The Bertz CT molecular complexity index is 1510. The average Bonchev–Trinajstić information content (AvgIpc) is 3.24. The van der Waals surface area contributed by atoms with Crippen LogP contribution in [0.5, 0.6) is 5.75 Å². The minimum absolute atomic E-state index is 0.0386. The topological polar surface area (TPSA) is 127 Å². The van der Waals surface area contributed by atoms with Crippen LogP contribution in [0.4, 0.5) is 10.6 Å². The zero-order valence-corrected chi connectivity index (χ0v) is 20.1. The third-order valence-corrected chi connectivity index (χ3v) is 7.34. The molecule has 1 aromatic carbocycles. The van der Waals surface area contributed by atoms with Gasteiger partial charge in [0.05, 0.1) is 35.3 Å². The summed E-state index contributed by atoms with van der Waals surface area (Å²) < 4.78 is 12.9. The van der Waals surface area contributed by atoms with Gasteiger partial charge in [0.25, 0.3) is 5.56 Å². The summed E-state index contributed by atoms with van der Waals surface area (Å²) >= 11 is 0. The van der Waals surface area contributed by atoms with Gasteiger partial charge in [0, 0.05) is 31.6 Å². The van der Waals surface area contributed by atoms with E-state index in [2.05, 4.69) is 16.4 Å². The highest BCUT2D eigenvalue weighted by Crippen LogP contribution is 2.36. The highest BCUT2D eigenvalue weighted by Gasteiger charge is 2.46. The number of fused-ring (bicyclic) bond motifs is 3. The molecule has 3 atom stereocenters. The van der Waals surface area contributed by atoms with Crippen molar-refractivity contribution in [3.05, 3.63) is 64.1 Å². The molecule has 2 aliphatic heterocycles. The lowest BCUT2D eigenvalue weighted by atomic mass is 9.88. The van der Waals surface area contributed by atoms with Crippen molar-refractivity contribution in [3.63, 3.8) is 0 Å². The quantitative estimate of drug-likeness (QED) is 0.567. The molecule has 10 heteroatoms. The molecule has 188 valence electrons. The van der Waals surface area contributed by atoms with Crippen LogP contribution in [0.3, 0.4) is 0 Å². The number of pyridine rings is 2. The van der Waals surface area contributed by atoms with Gasteiger partial charge in [-0.05, 0) is 54.6 Å². The second kappa shape index (κ2) is 9.33. The molecule has 10 nitrogen and oxygen atoms in total. The first-order chi connectivity index (χ1) is 18.0. The highest BCUT2D eigenvalue weighted by atomic mass is 16.6. The Morgan fingerprint density at radius 3 is 2.86 bits per heavy atom. The third-order valence-electron chi connectivity index (χ3n) is 7.34. The van der Waals surface area contributed by atoms with Crippen LogP contribution in [0, 0.1) is 11.3 Å². The first-order valence-corrected chi connectivity index (χ1v) is 12.4. The van der Waals surface area contributed by atoms with Crippen LogP contribution in [0.15, 0.2) is 47.3 Å². The molecule has 1 aliphatic carbocycles. The number of hydrogen-bond donors (Lipinski definition) is 1. The van der Waals surface area contributed by atoms with E-state index in [1.165, 1.54) is 6.07 Å². The zero-order valence-electron chi connectivity index (χ0n) is 20.1. The Kier molecular flexibility index (Phi) is 5.85. The summed E-state index contributed by atoms with van der Waals surface area (Å²) in [6.45, 7) is 1.12. The van der Waals surface area contributed by atoms with Gasteiger partial charge in [-0.3, -0.25) is 14.5 Å². The molecule has 3 aliphatic rings. The number of nitriles is 1. The molecule has 0 radical (unpaired) electrons. The Morgan fingerprint density at radius 1 is 1.11 bits per heavy atom. The van der Waals surface area contributed by atoms with Crippen LogP contribution >= 0.6 is 0 Å². The number of nitrogens with zero attached hydrogens (tertiary/aromatic N) is 4. The Hall–Kier alpha value is -4.23. The Morgan fingerprint density at radius 2 is 2.00 bits per heavy atom. The fourth-order valence-electron chi connectivity index (χ4n) is 5.56. The van der Waals surface area contributed by atoms with Crippen LogP contribution < -0.4 is 20.5 Å². The number of nitrogens with one attached hydrogen (secondary N) is 1. The van der Waals surface area contributed by atoms with Crippen molar-refractivity contribution in [1.29, 1.82) is 5.26 Å². The molecule has 2 fully saturated rings. The summed E-state index contributed by atoms with van der Waals surface area (Å²) in [7, 11) is 0. The number of carbonyl (C=O) groups excluding carboxylic acids is 2. The number of hydrogen-bond acceptors (Lipinski definition) is 8. The molecule has 6 rings (SSSR count). The van der Waals surface area contributed by atoms with E-state index in [9.17, 15) is 14.4 Å². The molecule has 1 saturated carbocycles. The predicted octanol–water partition coefficient (Wildman–Crippen LogP) is 2.31. The van der Waals surface area contributed by atoms with Gasteiger partial charge in [-0.25, -0.2) is 9.78 Å². The maximum Gasteiger partial charge on any atom is 0.416 e. The molecule has 2 aromatic heterocycles. The largest absolute Gasteiger partial charge is 0.484 e. The van der Waals surface area contributed by atoms with Gasteiger partial charge in [0.1, 0.15) is 24.3 Å². The number of aromatic nitrogens is 2. The second-order valence-corrected chi connectivity index (χ2v) is 9.65. The van der Waals surface area contributed by atoms with Crippen molar-refractivity contribution in [2.24, 2.45) is 0 Å². The number of ketones is 1. The lowest BCUT2D eigenvalue weighted by Gasteiger charge is -2.33. The lowest BCUT2D eigenvalue weighted by molar-refractivity contribution is -0.121. The summed E-state index contributed by atoms with van der Waals surface area (Å²) in [4.78, 5) is 43.2. The molecule has 37 heavy (non-hydrogen) atoms. The van der Waals surface area contributed by atoms with Gasteiger partial charge >= 0.3 is 6.09 Å². The van der Waals surface area contributed by atoms with Crippen molar-refractivity contribution in [3.8, 4) is 11.8 Å². The van der Waals surface area contributed by atoms with Gasteiger partial charge in [-0.15, -0.1) is 0 Å². The molecular formula is C27H25N5O5. The smallest absolute Gasteiger partial charge is 0.416 e. The number of amides is 1. The van der Waals surface area contributed by atoms with E-state index in [-0.39, 0.29) is 42.6 Å². The van der Waals surface area contributed by atoms with Crippen molar-refractivity contribution in [2.45, 2.75) is 50.4 Å². The minimum atomic E-state index is -0.426. The van der Waals surface area contributed by atoms with Crippen molar-refractivity contribution in [1.82, 2.24) is 14.9 Å². The van der Waals surface area contributed by atoms with E-state index < -0.39 is 6.09 Å². The molecule has 1 N–H and O–H groups in total. The molecule has 1 amide bonds. The molecular weight excluding hydrogens is 474 g/mol. The summed E-state index contributed by atoms with van der Waals surface area (Å²) in [5.41, 5.74) is 1.81. The second-order valence-electron chi connectivity index (χ2n) is 9.65. The molecule has 3 aromatic rings. The standard InChI is InChI=1S/C27H25N5O5/c28-14-16-1-4-21-17(11-16)2-8-26(34)31(21)10-9-29-18-3-5-22-24(12-18)37-27(35)32(22)25-7-6-23-20(30-25)13-19(33)15-36-23/h1-2,4,6-8,11,18,22,24,29H,3,5,9-10,12-13,15H2/t18-,22-,24-/m1/s1. The van der Waals surface area contributed by atoms with E-state index in [1.54, 1.807) is 39.8 Å². The summed E-state index contributed by atoms with van der Waals surface area (Å²) in [6, 6.07) is 14.2. The van der Waals surface area contributed by atoms with Gasteiger partial charge in [-0.1, -0.05) is 0 Å².